The molecule has 0 bridgehead atoms. The van der Waals surface area contributed by atoms with E-state index in [1.54, 1.807) is 0 Å². The van der Waals surface area contributed by atoms with Crippen molar-refractivity contribution >= 4 is 10.8 Å². The van der Waals surface area contributed by atoms with Crippen molar-refractivity contribution in [3.63, 3.8) is 0 Å². The van der Waals surface area contributed by atoms with Crippen LogP contribution in [0.1, 0.15) is 5.69 Å². The quantitative estimate of drug-likeness (QED) is 0.725. The Balaban J connectivity index is 2.34. The van der Waals surface area contributed by atoms with Gasteiger partial charge in [-0.15, -0.1) is 0 Å². The standard InChI is InChI=1S/C15H11FN2O/c1-9-13(16)15(19)18-14(17-9)12-8-4-6-10-5-2-3-7-11(10)12/h2-8H,1H3,(H,17,18,19). The molecule has 0 saturated heterocycles. The van der Waals surface area contributed by atoms with E-state index in [-0.39, 0.29) is 5.69 Å². The summed E-state index contributed by atoms with van der Waals surface area (Å²) in [7, 11) is 0. The van der Waals surface area contributed by atoms with Crippen LogP contribution in [0.3, 0.4) is 0 Å². The molecule has 0 aliphatic rings. The van der Waals surface area contributed by atoms with E-state index in [0.29, 0.717) is 5.82 Å². The second-order valence-electron chi connectivity index (χ2n) is 4.34. The van der Waals surface area contributed by atoms with Gasteiger partial charge in [0.25, 0.3) is 5.56 Å². The molecule has 3 nitrogen and oxygen atoms in total. The van der Waals surface area contributed by atoms with Crippen molar-refractivity contribution in [2.45, 2.75) is 6.92 Å². The molecule has 0 fully saturated rings. The van der Waals surface area contributed by atoms with Crippen LogP contribution in [-0.4, -0.2) is 9.97 Å². The zero-order chi connectivity index (χ0) is 13.4. The van der Waals surface area contributed by atoms with E-state index >= 15 is 0 Å². The number of H-pyrrole nitrogens is 1. The van der Waals surface area contributed by atoms with Crippen LogP contribution < -0.4 is 5.56 Å². The molecule has 19 heavy (non-hydrogen) atoms. The maximum atomic E-state index is 13.3. The van der Waals surface area contributed by atoms with E-state index in [0.717, 1.165) is 16.3 Å². The fourth-order valence-corrected chi connectivity index (χ4v) is 2.13. The molecule has 0 spiro atoms. The van der Waals surface area contributed by atoms with E-state index in [1.807, 2.05) is 42.5 Å². The number of aryl methyl sites for hydroxylation is 1. The molecular weight excluding hydrogens is 243 g/mol. The molecule has 0 aliphatic heterocycles. The number of rotatable bonds is 1. The molecule has 3 rings (SSSR count). The van der Waals surface area contributed by atoms with E-state index in [4.69, 9.17) is 0 Å². The van der Waals surface area contributed by atoms with Gasteiger partial charge in [0, 0.05) is 5.56 Å². The molecule has 1 aromatic heterocycles. The van der Waals surface area contributed by atoms with Gasteiger partial charge >= 0.3 is 0 Å². The number of nitrogens with one attached hydrogen (secondary N) is 1. The first-order valence-electron chi connectivity index (χ1n) is 5.91. The van der Waals surface area contributed by atoms with Gasteiger partial charge in [-0.1, -0.05) is 42.5 Å². The summed E-state index contributed by atoms with van der Waals surface area (Å²) in [6.07, 6.45) is 0. The van der Waals surface area contributed by atoms with Gasteiger partial charge in [-0.3, -0.25) is 4.79 Å². The summed E-state index contributed by atoms with van der Waals surface area (Å²) in [6.45, 7) is 1.49. The fraction of sp³-hybridized carbons (Fsp3) is 0.0667. The summed E-state index contributed by atoms with van der Waals surface area (Å²) in [5, 5.41) is 2.02. The Bertz CT molecular complexity index is 818. The minimum Gasteiger partial charge on any atom is -0.304 e. The summed E-state index contributed by atoms with van der Waals surface area (Å²) in [5.41, 5.74) is 0.153. The molecule has 0 aliphatic carbocycles. The number of nitrogens with zero attached hydrogens (tertiary/aromatic N) is 1. The van der Waals surface area contributed by atoms with Crippen LogP contribution in [0.2, 0.25) is 0 Å². The van der Waals surface area contributed by atoms with E-state index in [2.05, 4.69) is 9.97 Å². The second kappa shape index (κ2) is 4.31. The number of hydrogen-bond acceptors (Lipinski definition) is 2. The molecule has 94 valence electrons. The molecule has 0 amide bonds. The Morgan fingerprint density at radius 3 is 2.63 bits per heavy atom. The van der Waals surface area contributed by atoms with Gasteiger partial charge in [-0.25, -0.2) is 4.98 Å². The Kier molecular flexibility index (Phi) is 2.63. The Hall–Kier alpha value is -2.49. The lowest BCUT2D eigenvalue weighted by Gasteiger charge is -2.06. The molecule has 0 radical (unpaired) electrons. The highest BCUT2D eigenvalue weighted by Crippen LogP contribution is 2.25. The Labute approximate surface area is 108 Å². The predicted molar refractivity (Wildman–Crippen MR) is 72.5 cm³/mol. The van der Waals surface area contributed by atoms with Gasteiger partial charge in [-0.2, -0.15) is 4.39 Å². The van der Waals surface area contributed by atoms with Crippen molar-refractivity contribution in [3.05, 3.63) is 64.3 Å². The molecule has 1 N–H and O–H groups in total. The predicted octanol–water partition coefficient (Wildman–Crippen LogP) is 3.04. The largest absolute Gasteiger partial charge is 0.304 e. The molecule has 0 unspecified atom stereocenters. The third-order valence-electron chi connectivity index (χ3n) is 3.07. The van der Waals surface area contributed by atoms with Crippen LogP contribution >= 0.6 is 0 Å². The number of halogens is 1. The van der Waals surface area contributed by atoms with Crippen molar-refractivity contribution in [2.24, 2.45) is 0 Å². The van der Waals surface area contributed by atoms with Crippen molar-refractivity contribution in [1.29, 1.82) is 0 Å². The van der Waals surface area contributed by atoms with E-state index < -0.39 is 11.4 Å². The summed E-state index contributed by atoms with van der Waals surface area (Å²) in [4.78, 5) is 18.1. The monoisotopic (exact) mass is 254 g/mol. The van der Waals surface area contributed by atoms with Gasteiger partial charge in [-0.05, 0) is 17.7 Å². The van der Waals surface area contributed by atoms with Crippen molar-refractivity contribution < 1.29 is 4.39 Å². The van der Waals surface area contributed by atoms with Crippen LogP contribution in [0.25, 0.3) is 22.2 Å². The zero-order valence-electron chi connectivity index (χ0n) is 10.3. The first-order valence-corrected chi connectivity index (χ1v) is 5.91. The van der Waals surface area contributed by atoms with Crippen LogP contribution in [-0.2, 0) is 0 Å². The Morgan fingerprint density at radius 2 is 1.84 bits per heavy atom. The molecule has 4 heteroatoms. The fourth-order valence-electron chi connectivity index (χ4n) is 2.13. The maximum Gasteiger partial charge on any atom is 0.287 e. The first-order chi connectivity index (χ1) is 9.16. The highest BCUT2D eigenvalue weighted by molar-refractivity contribution is 5.94. The minimum atomic E-state index is -0.830. The van der Waals surface area contributed by atoms with E-state index in [1.165, 1.54) is 6.92 Å². The molecule has 1 heterocycles. The lowest BCUT2D eigenvalue weighted by Crippen LogP contribution is -2.15. The summed E-state index contributed by atoms with van der Waals surface area (Å²) in [5.74, 6) is -0.440. The summed E-state index contributed by atoms with van der Waals surface area (Å²) in [6, 6.07) is 13.5. The highest BCUT2D eigenvalue weighted by atomic mass is 19.1. The van der Waals surface area contributed by atoms with Gasteiger partial charge in [0.1, 0.15) is 5.82 Å². The van der Waals surface area contributed by atoms with Crippen LogP contribution in [0.4, 0.5) is 4.39 Å². The maximum absolute atomic E-state index is 13.3. The lowest BCUT2D eigenvalue weighted by molar-refractivity contribution is 0.589. The van der Waals surface area contributed by atoms with Crippen LogP contribution in [0, 0.1) is 12.7 Å². The first kappa shape index (κ1) is 11.6. The number of hydrogen-bond donors (Lipinski definition) is 1. The molecule has 0 atom stereocenters. The smallest absolute Gasteiger partial charge is 0.287 e. The minimum absolute atomic E-state index is 0.103. The van der Waals surface area contributed by atoms with Crippen LogP contribution in [0.5, 0.6) is 0 Å². The zero-order valence-corrected chi connectivity index (χ0v) is 10.3. The number of benzene rings is 2. The molecule has 3 aromatic rings. The molecular formula is C15H11FN2O. The SMILES string of the molecule is Cc1nc(-c2cccc3ccccc23)[nH]c(=O)c1F. The average Bonchev–Trinajstić information content (AvgIpc) is 2.43. The second-order valence-corrected chi connectivity index (χ2v) is 4.34. The average molecular weight is 254 g/mol. The summed E-state index contributed by atoms with van der Waals surface area (Å²) >= 11 is 0. The third-order valence-corrected chi connectivity index (χ3v) is 3.07. The van der Waals surface area contributed by atoms with Crippen molar-refractivity contribution in [3.8, 4) is 11.4 Å². The van der Waals surface area contributed by atoms with E-state index in [9.17, 15) is 9.18 Å². The Morgan fingerprint density at radius 1 is 1.11 bits per heavy atom. The molecule has 2 aromatic carbocycles. The van der Waals surface area contributed by atoms with Gasteiger partial charge in [0.15, 0.2) is 0 Å². The third kappa shape index (κ3) is 1.91. The lowest BCUT2D eigenvalue weighted by atomic mass is 10.0. The summed E-state index contributed by atoms with van der Waals surface area (Å²) < 4.78 is 13.3. The number of aromatic nitrogens is 2. The number of aromatic amines is 1. The topological polar surface area (TPSA) is 45.8 Å². The van der Waals surface area contributed by atoms with Gasteiger partial charge < -0.3 is 4.98 Å². The molecule has 0 saturated carbocycles. The van der Waals surface area contributed by atoms with Crippen molar-refractivity contribution in [1.82, 2.24) is 9.97 Å². The number of fused-ring (bicyclic) bond motifs is 1. The normalized spacial score (nSPS) is 10.8. The van der Waals surface area contributed by atoms with Gasteiger partial charge in [0.2, 0.25) is 5.82 Å². The highest BCUT2D eigenvalue weighted by Gasteiger charge is 2.10. The van der Waals surface area contributed by atoms with Crippen molar-refractivity contribution in [2.75, 3.05) is 0 Å². The van der Waals surface area contributed by atoms with Gasteiger partial charge in [0.05, 0.1) is 5.69 Å². The van der Waals surface area contributed by atoms with Crippen LogP contribution in [0.15, 0.2) is 47.3 Å².